The third kappa shape index (κ3) is 2.98. The molecule has 1 unspecified atom stereocenters. The van der Waals surface area contributed by atoms with Crippen LogP contribution >= 0.6 is 0 Å². The molecule has 100 valence electrons. The van der Waals surface area contributed by atoms with Crippen LogP contribution in [0.3, 0.4) is 0 Å². The average Bonchev–Trinajstić information content (AvgIpc) is 2.89. The third-order valence-electron chi connectivity index (χ3n) is 3.04. The van der Waals surface area contributed by atoms with Gasteiger partial charge in [-0.25, -0.2) is 4.39 Å². The van der Waals surface area contributed by atoms with Gasteiger partial charge in [0.2, 0.25) is 0 Å². The highest BCUT2D eigenvalue weighted by atomic mass is 19.1. The number of benzene rings is 1. The van der Waals surface area contributed by atoms with Crippen molar-refractivity contribution in [3.05, 3.63) is 29.1 Å². The number of hydrogen-bond donors (Lipinski definition) is 2. The van der Waals surface area contributed by atoms with E-state index in [-0.39, 0.29) is 13.2 Å². The third-order valence-corrected chi connectivity index (χ3v) is 3.04. The number of ether oxygens (including phenoxy) is 2. The summed E-state index contributed by atoms with van der Waals surface area (Å²) < 4.78 is 24.1. The molecule has 2 rings (SSSR count). The van der Waals surface area contributed by atoms with E-state index in [1.807, 2.05) is 0 Å². The maximum Gasteiger partial charge on any atom is 0.130 e. The summed E-state index contributed by atoms with van der Waals surface area (Å²) >= 11 is 0. The summed E-state index contributed by atoms with van der Waals surface area (Å²) in [5.41, 5.74) is 0.718. The van der Waals surface area contributed by atoms with E-state index in [2.05, 4.69) is 0 Å². The van der Waals surface area contributed by atoms with Crippen LogP contribution in [-0.2, 0) is 18.0 Å². The fourth-order valence-corrected chi connectivity index (χ4v) is 2.05. The van der Waals surface area contributed by atoms with Crippen molar-refractivity contribution >= 4 is 0 Å². The molecular weight excluding hydrogens is 239 g/mol. The zero-order valence-corrected chi connectivity index (χ0v) is 10.1. The molecule has 1 fully saturated rings. The maximum atomic E-state index is 13.2. The number of aliphatic hydroxyl groups is 2. The molecule has 2 N–H and O–H groups in total. The van der Waals surface area contributed by atoms with E-state index in [0.29, 0.717) is 36.0 Å². The Balaban J connectivity index is 2.13. The summed E-state index contributed by atoms with van der Waals surface area (Å²) in [4.78, 5) is 0. The highest BCUT2D eigenvalue weighted by Crippen LogP contribution is 2.27. The van der Waals surface area contributed by atoms with Crippen molar-refractivity contribution in [1.29, 1.82) is 0 Å². The van der Waals surface area contributed by atoms with E-state index in [1.165, 1.54) is 12.1 Å². The highest BCUT2D eigenvalue weighted by Gasteiger charge is 2.18. The fraction of sp³-hybridized carbons (Fsp3) is 0.538. The lowest BCUT2D eigenvalue weighted by Crippen LogP contribution is -2.14. The van der Waals surface area contributed by atoms with Crippen LogP contribution in [0.1, 0.15) is 17.5 Å². The maximum absolute atomic E-state index is 13.2. The standard InChI is InChI=1S/C13H17FO4/c14-12-3-10(5-15)13(11(4-12)6-16)18-8-9-1-2-17-7-9/h3-4,9,15-16H,1-2,5-8H2. The van der Waals surface area contributed by atoms with Gasteiger partial charge in [-0.2, -0.15) is 0 Å². The van der Waals surface area contributed by atoms with Gasteiger partial charge in [0.15, 0.2) is 0 Å². The van der Waals surface area contributed by atoms with Gasteiger partial charge in [-0.15, -0.1) is 0 Å². The lowest BCUT2D eigenvalue weighted by atomic mass is 10.1. The van der Waals surface area contributed by atoms with Crippen molar-refractivity contribution in [3.63, 3.8) is 0 Å². The topological polar surface area (TPSA) is 58.9 Å². The van der Waals surface area contributed by atoms with Crippen LogP contribution in [0.5, 0.6) is 5.75 Å². The average molecular weight is 256 g/mol. The molecule has 1 heterocycles. The quantitative estimate of drug-likeness (QED) is 0.831. The Morgan fingerprint density at radius 3 is 2.44 bits per heavy atom. The predicted octanol–water partition coefficient (Wildman–Crippen LogP) is 1.23. The van der Waals surface area contributed by atoms with Gasteiger partial charge < -0.3 is 19.7 Å². The van der Waals surface area contributed by atoms with E-state index < -0.39 is 5.82 Å². The zero-order chi connectivity index (χ0) is 13.0. The lowest BCUT2D eigenvalue weighted by molar-refractivity contribution is 0.164. The molecular formula is C13H17FO4. The molecule has 0 aromatic heterocycles. The van der Waals surface area contributed by atoms with Crippen LogP contribution in [0.25, 0.3) is 0 Å². The summed E-state index contributed by atoms with van der Waals surface area (Å²) in [6.07, 6.45) is 0.935. The number of aliphatic hydroxyl groups excluding tert-OH is 2. The molecule has 0 radical (unpaired) electrons. The van der Waals surface area contributed by atoms with Crippen molar-refractivity contribution in [2.45, 2.75) is 19.6 Å². The van der Waals surface area contributed by atoms with Crippen molar-refractivity contribution in [2.75, 3.05) is 19.8 Å². The molecule has 0 aliphatic carbocycles. The van der Waals surface area contributed by atoms with Gasteiger partial charge in [-0.05, 0) is 18.6 Å². The van der Waals surface area contributed by atoms with E-state index >= 15 is 0 Å². The molecule has 0 amide bonds. The zero-order valence-electron chi connectivity index (χ0n) is 10.1. The highest BCUT2D eigenvalue weighted by molar-refractivity contribution is 5.41. The van der Waals surface area contributed by atoms with Crippen molar-refractivity contribution in [2.24, 2.45) is 5.92 Å². The van der Waals surface area contributed by atoms with Gasteiger partial charge in [-0.3, -0.25) is 0 Å². The van der Waals surface area contributed by atoms with Crippen LogP contribution in [0, 0.1) is 11.7 Å². The van der Waals surface area contributed by atoms with Gasteiger partial charge >= 0.3 is 0 Å². The predicted molar refractivity (Wildman–Crippen MR) is 62.7 cm³/mol. The molecule has 0 spiro atoms. The number of rotatable bonds is 5. The first kappa shape index (κ1) is 13.3. The second-order valence-electron chi connectivity index (χ2n) is 4.41. The fourth-order valence-electron chi connectivity index (χ4n) is 2.05. The minimum absolute atomic E-state index is 0.313. The normalized spacial score (nSPS) is 19.2. The Labute approximate surface area is 105 Å². The summed E-state index contributed by atoms with van der Waals surface area (Å²) in [6, 6.07) is 2.44. The Kier molecular flexibility index (Phi) is 4.52. The first-order valence-electron chi connectivity index (χ1n) is 5.98. The van der Waals surface area contributed by atoms with E-state index in [9.17, 15) is 14.6 Å². The number of hydrogen-bond acceptors (Lipinski definition) is 4. The molecule has 18 heavy (non-hydrogen) atoms. The largest absolute Gasteiger partial charge is 0.492 e. The van der Waals surface area contributed by atoms with E-state index in [0.717, 1.165) is 13.0 Å². The molecule has 1 saturated heterocycles. The van der Waals surface area contributed by atoms with Gasteiger partial charge in [0.05, 0.1) is 26.4 Å². The van der Waals surface area contributed by atoms with Crippen molar-refractivity contribution < 1.29 is 24.1 Å². The molecule has 1 aromatic carbocycles. The Hall–Kier alpha value is -1.17. The first-order valence-corrected chi connectivity index (χ1v) is 5.98. The Bertz CT molecular complexity index is 377. The van der Waals surface area contributed by atoms with Crippen LogP contribution in [-0.4, -0.2) is 30.0 Å². The molecule has 1 atom stereocenters. The molecule has 1 aromatic rings. The van der Waals surface area contributed by atoms with Crippen LogP contribution in [0.2, 0.25) is 0 Å². The van der Waals surface area contributed by atoms with E-state index in [1.54, 1.807) is 0 Å². The second-order valence-corrected chi connectivity index (χ2v) is 4.41. The van der Waals surface area contributed by atoms with Crippen LogP contribution in [0.4, 0.5) is 4.39 Å². The van der Waals surface area contributed by atoms with Crippen molar-refractivity contribution in [3.8, 4) is 5.75 Å². The van der Waals surface area contributed by atoms with Crippen LogP contribution < -0.4 is 4.74 Å². The smallest absolute Gasteiger partial charge is 0.130 e. The Morgan fingerprint density at radius 1 is 1.28 bits per heavy atom. The van der Waals surface area contributed by atoms with Gasteiger partial charge in [-0.1, -0.05) is 0 Å². The van der Waals surface area contributed by atoms with Gasteiger partial charge in [0.1, 0.15) is 11.6 Å². The summed E-state index contributed by atoms with van der Waals surface area (Å²) in [5.74, 6) is 0.209. The molecule has 1 aliphatic rings. The molecule has 0 saturated carbocycles. The lowest BCUT2D eigenvalue weighted by Gasteiger charge is -2.16. The monoisotopic (exact) mass is 256 g/mol. The molecule has 5 heteroatoms. The minimum Gasteiger partial charge on any atom is -0.492 e. The summed E-state index contributed by atoms with van der Waals surface area (Å²) in [6.45, 7) is 1.20. The molecule has 1 aliphatic heterocycles. The Morgan fingerprint density at radius 2 is 1.94 bits per heavy atom. The molecule has 0 bridgehead atoms. The van der Waals surface area contributed by atoms with E-state index in [4.69, 9.17) is 9.47 Å². The van der Waals surface area contributed by atoms with Gasteiger partial charge in [0.25, 0.3) is 0 Å². The number of halogens is 1. The minimum atomic E-state index is -0.486. The van der Waals surface area contributed by atoms with Crippen LogP contribution in [0.15, 0.2) is 12.1 Å². The summed E-state index contributed by atoms with van der Waals surface area (Å²) in [7, 11) is 0. The molecule has 4 nitrogen and oxygen atoms in total. The summed E-state index contributed by atoms with van der Waals surface area (Å²) in [5, 5.41) is 18.4. The first-order chi connectivity index (χ1) is 8.74. The second kappa shape index (κ2) is 6.13. The van der Waals surface area contributed by atoms with Crippen molar-refractivity contribution in [1.82, 2.24) is 0 Å². The van der Waals surface area contributed by atoms with Gasteiger partial charge in [0, 0.05) is 23.7 Å². The SMILES string of the molecule is OCc1cc(F)cc(CO)c1OCC1CCOC1.